The zero-order valence-corrected chi connectivity index (χ0v) is 10.6. The Balaban J connectivity index is 2.25. The second kappa shape index (κ2) is 3.57. The smallest absolute Gasteiger partial charge is 0.176 e. The van der Waals surface area contributed by atoms with E-state index in [4.69, 9.17) is 14.6 Å². The fourth-order valence-corrected chi connectivity index (χ4v) is 2.53. The fraction of sp³-hybridized carbons (Fsp3) is 0.0714. The van der Waals surface area contributed by atoms with Crippen LogP contribution in [0.2, 0.25) is 0 Å². The van der Waals surface area contributed by atoms with Crippen LogP contribution in [0, 0.1) is 0 Å². The number of benzene rings is 1. The van der Waals surface area contributed by atoms with Gasteiger partial charge in [0.25, 0.3) is 0 Å². The average Bonchev–Trinajstić information content (AvgIpc) is 3.14. The van der Waals surface area contributed by atoms with E-state index in [-0.39, 0.29) is 5.75 Å². The van der Waals surface area contributed by atoms with Crippen molar-refractivity contribution in [2.24, 2.45) is 7.05 Å². The zero-order valence-electron chi connectivity index (χ0n) is 10.6. The third-order valence-corrected chi connectivity index (χ3v) is 3.55. The van der Waals surface area contributed by atoms with E-state index < -0.39 is 0 Å². The van der Waals surface area contributed by atoms with E-state index in [0.29, 0.717) is 22.4 Å². The summed E-state index contributed by atoms with van der Waals surface area (Å²) < 4.78 is 12.5. The summed E-state index contributed by atoms with van der Waals surface area (Å²) in [5.41, 5.74) is 8.56. The maximum absolute atomic E-state index is 10.2. The van der Waals surface area contributed by atoms with Crippen LogP contribution in [-0.4, -0.2) is 14.9 Å². The summed E-state index contributed by atoms with van der Waals surface area (Å²) in [6, 6.07) is 3.47. The van der Waals surface area contributed by atoms with Crippen LogP contribution in [0.25, 0.3) is 33.1 Å². The first-order valence-electron chi connectivity index (χ1n) is 6.05. The Bertz CT molecular complexity index is 894. The van der Waals surface area contributed by atoms with E-state index in [9.17, 15) is 5.11 Å². The van der Waals surface area contributed by atoms with E-state index in [0.717, 1.165) is 16.5 Å². The van der Waals surface area contributed by atoms with Gasteiger partial charge in [0.1, 0.15) is 11.4 Å². The molecule has 0 radical (unpaired) electrons. The van der Waals surface area contributed by atoms with Gasteiger partial charge in [-0.25, -0.2) is 0 Å². The van der Waals surface area contributed by atoms with Crippen LogP contribution in [0.4, 0.5) is 5.82 Å². The summed E-state index contributed by atoms with van der Waals surface area (Å²) >= 11 is 0. The normalized spacial score (nSPS) is 11.7. The summed E-state index contributed by atoms with van der Waals surface area (Å²) in [4.78, 5) is 0. The van der Waals surface area contributed by atoms with Crippen LogP contribution in [0.5, 0.6) is 5.75 Å². The standard InChI is InChI=1S/C14H11N3O3/c1-17-14(15)9(6-16-17)10-7-2-4-20-13(7)11(18)8-3-5-19-12(8)10/h2-6,18H,15H2,1H3. The van der Waals surface area contributed by atoms with Crippen LogP contribution in [0.1, 0.15) is 0 Å². The van der Waals surface area contributed by atoms with Crippen molar-refractivity contribution < 1.29 is 13.9 Å². The number of anilines is 1. The van der Waals surface area contributed by atoms with Crippen molar-refractivity contribution in [1.29, 1.82) is 0 Å². The van der Waals surface area contributed by atoms with Gasteiger partial charge in [0.15, 0.2) is 11.3 Å². The van der Waals surface area contributed by atoms with Crippen molar-refractivity contribution in [1.82, 2.24) is 9.78 Å². The van der Waals surface area contributed by atoms with E-state index in [2.05, 4.69) is 5.10 Å². The molecule has 3 heterocycles. The van der Waals surface area contributed by atoms with E-state index in [1.807, 2.05) is 0 Å². The van der Waals surface area contributed by atoms with Crippen molar-refractivity contribution in [3.05, 3.63) is 30.9 Å². The van der Waals surface area contributed by atoms with E-state index in [1.165, 1.54) is 12.5 Å². The Hall–Kier alpha value is -2.89. The molecule has 0 saturated carbocycles. The van der Waals surface area contributed by atoms with Crippen molar-refractivity contribution >= 4 is 27.8 Å². The lowest BCUT2D eigenvalue weighted by molar-refractivity contribution is 0.470. The predicted octanol–water partition coefficient (Wildman–Crippen LogP) is 2.87. The molecule has 6 nitrogen and oxygen atoms in total. The molecule has 0 atom stereocenters. The molecule has 0 saturated heterocycles. The monoisotopic (exact) mass is 269 g/mol. The Morgan fingerprint density at radius 2 is 1.85 bits per heavy atom. The molecule has 0 spiro atoms. The quantitative estimate of drug-likeness (QED) is 0.554. The highest BCUT2D eigenvalue weighted by Gasteiger charge is 2.22. The molecular formula is C14H11N3O3. The number of fused-ring (bicyclic) bond motifs is 2. The summed E-state index contributed by atoms with van der Waals surface area (Å²) in [6.45, 7) is 0. The molecule has 1 aromatic carbocycles. The SMILES string of the molecule is Cn1ncc(-c2c3ccoc3c(O)c3ccoc23)c1N. The van der Waals surface area contributed by atoms with E-state index >= 15 is 0 Å². The number of hydrogen-bond donors (Lipinski definition) is 2. The number of nitrogen functional groups attached to an aromatic ring is 1. The molecule has 4 aromatic rings. The fourth-order valence-electron chi connectivity index (χ4n) is 2.53. The number of nitrogens with zero attached hydrogens (tertiary/aromatic N) is 2. The number of aryl methyl sites for hydroxylation is 1. The highest BCUT2D eigenvalue weighted by atomic mass is 16.4. The highest BCUT2D eigenvalue weighted by Crippen LogP contribution is 2.44. The van der Waals surface area contributed by atoms with Gasteiger partial charge in [0.2, 0.25) is 0 Å². The maximum Gasteiger partial charge on any atom is 0.176 e. The first-order valence-corrected chi connectivity index (χ1v) is 6.05. The lowest BCUT2D eigenvalue weighted by Gasteiger charge is -2.05. The Morgan fingerprint density at radius 1 is 1.15 bits per heavy atom. The molecule has 0 fully saturated rings. The van der Waals surface area contributed by atoms with Crippen LogP contribution in [0.15, 0.2) is 39.7 Å². The summed E-state index contributed by atoms with van der Waals surface area (Å²) in [7, 11) is 1.77. The first-order chi connectivity index (χ1) is 9.68. The van der Waals surface area contributed by atoms with Crippen LogP contribution in [-0.2, 0) is 7.05 Å². The zero-order chi connectivity index (χ0) is 13.9. The molecule has 0 aliphatic carbocycles. The van der Waals surface area contributed by atoms with E-state index in [1.54, 1.807) is 30.1 Å². The molecule has 20 heavy (non-hydrogen) atoms. The Morgan fingerprint density at radius 3 is 2.55 bits per heavy atom. The summed E-state index contributed by atoms with van der Waals surface area (Å²) in [5, 5.41) is 15.7. The lowest BCUT2D eigenvalue weighted by Crippen LogP contribution is -1.98. The summed E-state index contributed by atoms with van der Waals surface area (Å²) in [6.07, 6.45) is 4.73. The molecule has 0 aliphatic heterocycles. The van der Waals surface area contributed by atoms with Crippen molar-refractivity contribution in [2.45, 2.75) is 0 Å². The number of aromatic hydroxyl groups is 1. The number of hydrogen-bond acceptors (Lipinski definition) is 5. The Labute approximate surface area is 113 Å². The third-order valence-electron chi connectivity index (χ3n) is 3.55. The van der Waals surface area contributed by atoms with Gasteiger partial charge in [-0.3, -0.25) is 4.68 Å². The van der Waals surface area contributed by atoms with Gasteiger partial charge >= 0.3 is 0 Å². The van der Waals surface area contributed by atoms with Crippen LogP contribution in [0.3, 0.4) is 0 Å². The summed E-state index contributed by atoms with van der Waals surface area (Å²) in [5.74, 6) is 0.593. The van der Waals surface area contributed by atoms with Crippen molar-refractivity contribution in [2.75, 3.05) is 5.73 Å². The van der Waals surface area contributed by atoms with Gasteiger partial charge in [-0.05, 0) is 12.1 Å². The largest absolute Gasteiger partial charge is 0.504 e. The van der Waals surface area contributed by atoms with Crippen molar-refractivity contribution in [3.63, 3.8) is 0 Å². The molecule has 0 bridgehead atoms. The number of aromatic nitrogens is 2. The molecule has 0 aliphatic rings. The van der Waals surface area contributed by atoms with Crippen LogP contribution < -0.4 is 5.73 Å². The van der Waals surface area contributed by atoms with Gasteiger partial charge < -0.3 is 19.7 Å². The molecule has 100 valence electrons. The second-order valence-electron chi connectivity index (χ2n) is 4.62. The predicted molar refractivity (Wildman–Crippen MR) is 74.3 cm³/mol. The number of nitrogens with two attached hydrogens (primary N) is 1. The molecule has 3 N–H and O–H groups in total. The van der Waals surface area contributed by atoms with Gasteiger partial charge in [-0.1, -0.05) is 0 Å². The van der Waals surface area contributed by atoms with Gasteiger partial charge in [-0.15, -0.1) is 0 Å². The topological polar surface area (TPSA) is 90.3 Å². The van der Waals surface area contributed by atoms with Crippen LogP contribution >= 0.6 is 0 Å². The maximum atomic E-state index is 10.2. The molecule has 4 rings (SSSR count). The number of phenolic OH excluding ortho intramolecular Hbond substituents is 1. The lowest BCUT2D eigenvalue weighted by atomic mass is 10.0. The minimum Gasteiger partial charge on any atom is -0.504 e. The molecule has 6 heteroatoms. The number of phenols is 1. The third kappa shape index (κ3) is 1.20. The Kier molecular flexibility index (Phi) is 1.96. The number of furan rings is 2. The minimum atomic E-state index is 0.0694. The van der Waals surface area contributed by atoms with Crippen molar-refractivity contribution in [3.8, 4) is 16.9 Å². The van der Waals surface area contributed by atoms with Gasteiger partial charge in [-0.2, -0.15) is 5.10 Å². The first kappa shape index (κ1) is 11.0. The highest BCUT2D eigenvalue weighted by molar-refractivity contribution is 6.14. The molecule has 0 unspecified atom stereocenters. The van der Waals surface area contributed by atoms with Gasteiger partial charge in [0.05, 0.1) is 24.1 Å². The average molecular weight is 269 g/mol. The molecule has 0 amide bonds. The molecule has 3 aromatic heterocycles. The molecular weight excluding hydrogens is 258 g/mol. The minimum absolute atomic E-state index is 0.0694. The van der Waals surface area contributed by atoms with Gasteiger partial charge in [0, 0.05) is 23.6 Å². The second-order valence-corrected chi connectivity index (χ2v) is 4.62. The number of rotatable bonds is 1.